The molecule has 0 aromatic heterocycles. The van der Waals surface area contributed by atoms with Gasteiger partial charge in [0.05, 0.1) is 11.3 Å². The molecule has 0 bridgehead atoms. The number of anilines is 1. The second-order valence-electron chi connectivity index (χ2n) is 4.71. The van der Waals surface area contributed by atoms with Crippen molar-refractivity contribution >= 4 is 5.69 Å². The maximum Gasteiger partial charge on any atom is 0.101 e. The van der Waals surface area contributed by atoms with Crippen molar-refractivity contribution in [1.29, 1.82) is 5.26 Å². The second-order valence-corrected chi connectivity index (χ2v) is 4.71. The Morgan fingerprint density at radius 1 is 1.39 bits per heavy atom. The van der Waals surface area contributed by atoms with Gasteiger partial charge in [-0.25, -0.2) is 0 Å². The summed E-state index contributed by atoms with van der Waals surface area (Å²) >= 11 is 0. The quantitative estimate of drug-likeness (QED) is 0.777. The minimum atomic E-state index is 0.227. The Labute approximate surface area is 109 Å². The average molecular weight is 246 g/mol. The molecular formula is C15H22N2O. The molecule has 1 rings (SSSR count). The van der Waals surface area contributed by atoms with Gasteiger partial charge in [0.25, 0.3) is 0 Å². The zero-order valence-electron chi connectivity index (χ0n) is 11.2. The van der Waals surface area contributed by atoms with Crippen LogP contribution < -0.4 is 5.32 Å². The molecule has 0 heterocycles. The highest BCUT2D eigenvalue weighted by Crippen LogP contribution is 2.19. The Kier molecular flexibility index (Phi) is 6.24. The van der Waals surface area contributed by atoms with Gasteiger partial charge < -0.3 is 10.4 Å². The second kappa shape index (κ2) is 7.73. The van der Waals surface area contributed by atoms with Gasteiger partial charge in [0, 0.05) is 13.2 Å². The van der Waals surface area contributed by atoms with Crippen LogP contribution in [0.1, 0.15) is 37.3 Å². The molecule has 0 amide bonds. The summed E-state index contributed by atoms with van der Waals surface area (Å²) in [5, 5.41) is 21.4. The van der Waals surface area contributed by atoms with Crippen molar-refractivity contribution in [3.63, 3.8) is 0 Å². The molecule has 0 spiro atoms. The number of nitrogens with one attached hydrogen (secondary N) is 1. The van der Waals surface area contributed by atoms with Crippen molar-refractivity contribution in [2.45, 2.75) is 33.1 Å². The molecule has 1 aromatic carbocycles. The van der Waals surface area contributed by atoms with E-state index in [0.29, 0.717) is 11.5 Å². The highest BCUT2D eigenvalue weighted by Gasteiger charge is 2.08. The molecule has 3 heteroatoms. The fraction of sp³-hybridized carbons (Fsp3) is 0.533. The summed E-state index contributed by atoms with van der Waals surface area (Å²) in [6.07, 6.45) is 3.03. The number of aryl methyl sites for hydroxylation is 1. The van der Waals surface area contributed by atoms with E-state index < -0.39 is 0 Å². The maximum atomic E-state index is 9.05. The van der Waals surface area contributed by atoms with Crippen LogP contribution in [-0.4, -0.2) is 18.3 Å². The van der Waals surface area contributed by atoms with Crippen molar-refractivity contribution in [2.75, 3.05) is 18.5 Å². The lowest BCUT2D eigenvalue weighted by Gasteiger charge is -2.17. The summed E-state index contributed by atoms with van der Waals surface area (Å²) in [6.45, 7) is 5.21. The minimum absolute atomic E-state index is 0.227. The third-order valence-corrected chi connectivity index (χ3v) is 3.11. The number of benzene rings is 1. The molecule has 2 N–H and O–H groups in total. The Hall–Kier alpha value is -1.53. The fourth-order valence-corrected chi connectivity index (χ4v) is 2.10. The van der Waals surface area contributed by atoms with Crippen LogP contribution in [0.2, 0.25) is 0 Å². The largest absolute Gasteiger partial charge is 0.396 e. The van der Waals surface area contributed by atoms with Crippen LogP contribution in [0.15, 0.2) is 18.2 Å². The Morgan fingerprint density at radius 3 is 2.78 bits per heavy atom. The van der Waals surface area contributed by atoms with Crippen LogP contribution in [0.3, 0.4) is 0 Å². The van der Waals surface area contributed by atoms with E-state index >= 15 is 0 Å². The first kappa shape index (κ1) is 14.5. The number of aliphatic hydroxyl groups is 1. The van der Waals surface area contributed by atoms with Crippen LogP contribution in [0.25, 0.3) is 0 Å². The van der Waals surface area contributed by atoms with E-state index in [4.69, 9.17) is 10.4 Å². The van der Waals surface area contributed by atoms with Crippen molar-refractivity contribution in [2.24, 2.45) is 5.92 Å². The minimum Gasteiger partial charge on any atom is -0.396 e. The topological polar surface area (TPSA) is 56.0 Å². The zero-order valence-corrected chi connectivity index (χ0v) is 11.2. The molecule has 1 atom stereocenters. The van der Waals surface area contributed by atoms with E-state index in [2.05, 4.69) is 18.3 Å². The van der Waals surface area contributed by atoms with Crippen molar-refractivity contribution < 1.29 is 5.11 Å². The lowest BCUT2D eigenvalue weighted by atomic mass is 10.00. The summed E-state index contributed by atoms with van der Waals surface area (Å²) in [5.41, 5.74) is 2.72. The van der Waals surface area contributed by atoms with Gasteiger partial charge in [-0.1, -0.05) is 19.4 Å². The zero-order chi connectivity index (χ0) is 13.4. The van der Waals surface area contributed by atoms with E-state index in [-0.39, 0.29) is 6.61 Å². The first-order valence-corrected chi connectivity index (χ1v) is 6.56. The number of nitriles is 1. The van der Waals surface area contributed by atoms with Gasteiger partial charge in [0.15, 0.2) is 0 Å². The molecule has 0 saturated heterocycles. The SMILES string of the molecule is CCCC(CCO)CNc1cc(C)ccc1C#N. The average Bonchev–Trinajstić information content (AvgIpc) is 2.36. The van der Waals surface area contributed by atoms with Gasteiger partial charge in [-0.15, -0.1) is 0 Å². The molecule has 0 aliphatic rings. The van der Waals surface area contributed by atoms with Crippen LogP contribution in [0.4, 0.5) is 5.69 Å². The molecule has 1 aromatic rings. The Morgan fingerprint density at radius 2 is 2.17 bits per heavy atom. The highest BCUT2D eigenvalue weighted by atomic mass is 16.3. The number of hydrogen-bond acceptors (Lipinski definition) is 3. The third-order valence-electron chi connectivity index (χ3n) is 3.11. The number of hydrogen-bond donors (Lipinski definition) is 2. The van der Waals surface area contributed by atoms with E-state index in [1.807, 2.05) is 25.1 Å². The summed E-state index contributed by atoms with van der Waals surface area (Å²) in [6, 6.07) is 7.99. The number of rotatable bonds is 7. The number of aliphatic hydroxyl groups excluding tert-OH is 1. The van der Waals surface area contributed by atoms with Crippen LogP contribution in [0.5, 0.6) is 0 Å². The fourth-order valence-electron chi connectivity index (χ4n) is 2.10. The van der Waals surface area contributed by atoms with Gasteiger partial charge in [-0.05, 0) is 43.4 Å². The smallest absolute Gasteiger partial charge is 0.101 e. The molecule has 3 nitrogen and oxygen atoms in total. The Balaban J connectivity index is 2.66. The monoisotopic (exact) mass is 246 g/mol. The van der Waals surface area contributed by atoms with E-state index in [9.17, 15) is 0 Å². The predicted molar refractivity (Wildman–Crippen MR) is 74.5 cm³/mol. The summed E-state index contributed by atoms with van der Waals surface area (Å²) < 4.78 is 0. The summed E-state index contributed by atoms with van der Waals surface area (Å²) in [5.74, 6) is 0.465. The van der Waals surface area contributed by atoms with Crippen molar-refractivity contribution in [1.82, 2.24) is 0 Å². The van der Waals surface area contributed by atoms with E-state index in [0.717, 1.165) is 37.1 Å². The molecule has 18 heavy (non-hydrogen) atoms. The lowest BCUT2D eigenvalue weighted by Crippen LogP contribution is -2.16. The van der Waals surface area contributed by atoms with E-state index in [1.165, 1.54) is 0 Å². The highest BCUT2D eigenvalue weighted by molar-refractivity contribution is 5.58. The van der Waals surface area contributed by atoms with Crippen molar-refractivity contribution in [3.8, 4) is 6.07 Å². The van der Waals surface area contributed by atoms with Gasteiger partial charge in [-0.3, -0.25) is 0 Å². The van der Waals surface area contributed by atoms with Gasteiger partial charge in [0.1, 0.15) is 6.07 Å². The molecule has 0 aliphatic heterocycles. The van der Waals surface area contributed by atoms with Crippen LogP contribution >= 0.6 is 0 Å². The first-order chi connectivity index (χ1) is 8.71. The predicted octanol–water partition coefficient (Wildman–Crippen LogP) is 3.08. The standard InChI is InChI=1S/C15H22N2O/c1-3-4-13(7-8-18)11-17-15-9-12(2)5-6-14(15)10-16/h5-6,9,13,17-18H,3-4,7-8,11H2,1-2H3. The summed E-state index contributed by atoms with van der Waals surface area (Å²) in [7, 11) is 0. The molecular weight excluding hydrogens is 224 g/mol. The normalized spacial score (nSPS) is 11.9. The van der Waals surface area contributed by atoms with Gasteiger partial charge in [-0.2, -0.15) is 5.26 Å². The van der Waals surface area contributed by atoms with E-state index in [1.54, 1.807) is 0 Å². The van der Waals surface area contributed by atoms with Gasteiger partial charge >= 0.3 is 0 Å². The Bertz CT molecular complexity index is 403. The van der Waals surface area contributed by atoms with Gasteiger partial charge in [0.2, 0.25) is 0 Å². The van der Waals surface area contributed by atoms with Crippen LogP contribution in [-0.2, 0) is 0 Å². The molecule has 98 valence electrons. The molecule has 0 fully saturated rings. The molecule has 0 aliphatic carbocycles. The van der Waals surface area contributed by atoms with Crippen LogP contribution in [0, 0.1) is 24.2 Å². The third kappa shape index (κ3) is 4.38. The molecule has 0 saturated carbocycles. The lowest BCUT2D eigenvalue weighted by molar-refractivity contribution is 0.255. The summed E-state index contributed by atoms with van der Waals surface area (Å²) in [4.78, 5) is 0. The molecule has 1 unspecified atom stereocenters. The van der Waals surface area contributed by atoms with Crippen molar-refractivity contribution in [3.05, 3.63) is 29.3 Å². The maximum absolute atomic E-state index is 9.05. The molecule has 0 radical (unpaired) electrons. The number of nitrogens with zero attached hydrogens (tertiary/aromatic N) is 1. The first-order valence-electron chi connectivity index (χ1n) is 6.56.